The van der Waals surface area contributed by atoms with E-state index in [4.69, 9.17) is 0 Å². The lowest BCUT2D eigenvalue weighted by atomic mass is 9.91. The molecule has 0 amide bonds. The molecule has 2 aromatic rings. The molecule has 0 aromatic heterocycles. The molecule has 1 heteroatoms. The third-order valence-electron chi connectivity index (χ3n) is 4.97. The third-order valence-corrected chi connectivity index (χ3v) is 4.97. The molecule has 0 aliphatic carbocycles. The molecule has 0 atom stereocenters. The zero-order valence-corrected chi connectivity index (χ0v) is 14.0. The van der Waals surface area contributed by atoms with E-state index in [1.807, 2.05) is 0 Å². The van der Waals surface area contributed by atoms with Crippen molar-refractivity contribution in [3.8, 4) is 0 Å². The van der Waals surface area contributed by atoms with Crippen LogP contribution in [0.2, 0.25) is 0 Å². The lowest BCUT2D eigenvalue weighted by molar-refractivity contribution is 0.157. The van der Waals surface area contributed by atoms with Gasteiger partial charge in [-0.15, -0.1) is 0 Å². The molecule has 0 saturated carbocycles. The van der Waals surface area contributed by atoms with Gasteiger partial charge in [-0.05, 0) is 56.8 Å². The van der Waals surface area contributed by atoms with Gasteiger partial charge in [0, 0.05) is 0 Å². The van der Waals surface area contributed by atoms with Gasteiger partial charge in [0.15, 0.2) is 0 Å². The minimum Gasteiger partial charge on any atom is -0.292 e. The number of benzene rings is 2. The summed E-state index contributed by atoms with van der Waals surface area (Å²) in [5.41, 5.74) is 5.50. The van der Waals surface area contributed by atoms with Crippen molar-refractivity contribution in [1.29, 1.82) is 0 Å². The first-order valence-electron chi connectivity index (χ1n) is 8.50. The molecule has 1 aliphatic rings. The van der Waals surface area contributed by atoms with Crippen LogP contribution in [0.15, 0.2) is 48.5 Å². The van der Waals surface area contributed by atoms with Crippen LogP contribution in [0.5, 0.6) is 0 Å². The quantitative estimate of drug-likeness (QED) is 0.758. The first-order valence-corrected chi connectivity index (χ1v) is 8.50. The van der Waals surface area contributed by atoms with Crippen LogP contribution in [0, 0.1) is 19.8 Å². The van der Waals surface area contributed by atoms with Crippen molar-refractivity contribution in [3.63, 3.8) is 0 Å². The molecular weight excluding hydrogens is 266 g/mol. The van der Waals surface area contributed by atoms with E-state index in [9.17, 15) is 0 Å². The maximum absolute atomic E-state index is 2.66. The molecule has 1 heterocycles. The Morgan fingerprint density at radius 1 is 0.773 bits per heavy atom. The van der Waals surface area contributed by atoms with Crippen molar-refractivity contribution in [1.82, 2.24) is 4.90 Å². The molecule has 0 spiro atoms. The van der Waals surface area contributed by atoms with Crippen LogP contribution >= 0.6 is 0 Å². The van der Waals surface area contributed by atoms with Gasteiger partial charge in [0.1, 0.15) is 0 Å². The highest BCUT2D eigenvalue weighted by molar-refractivity contribution is 5.35. The van der Waals surface area contributed by atoms with Crippen molar-refractivity contribution < 1.29 is 0 Å². The minimum atomic E-state index is 0.397. The zero-order chi connectivity index (χ0) is 15.5. The molecule has 3 rings (SSSR count). The highest BCUT2D eigenvalue weighted by Crippen LogP contribution is 2.32. The predicted octanol–water partition coefficient (Wildman–Crippen LogP) is 5.12. The second-order valence-corrected chi connectivity index (χ2v) is 6.94. The number of piperidine rings is 1. The van der Waals surface area contributed by atoms with Crippen LogP contribution in [0.4, 0.5) is 0 Å². The van der Waals surface area contributed by atoms with Crippen molar-refractivity contribution in [2.75, 3.05) is 13.1 Å². The molecule has 116 valence electrons. The van der Waals surface area contributed by atoms with Crippen molar-refractivity contribution in [2.24, 2.45) is 5.92 Å². The predicted molar refractivity (Wildman–Crippen MR) is 94.2 cm³/mol. The Bertz CT molecular complexity index is 543. The highest BCUT2D eigenvalue weighted by Gasteiger charge is 2.25. The Hall–Kier alpha value is -1.60. The van der Waals surface area contributed by atoms with Crippen molar-refractivity contribution in [2.45, 2.75) is 39.7 Å². The molecular formula is C21H27N. The molecule has 1 nitrogen and oxygen atoms in total. The van der Waals surface area contributed by atoms with Gasteiger partial charge in [0.25, 0.3) is 0 Å². The Morgan fingerprint density at radius 3 is 1.59 bits per heavy atom. The number of rotatable bonds is 3. The molecule has 1 aliphatic heterocycles. The summed E-state index contributed by atoms with van der Waals surface area (Å²) in [5, 5.41) is 0. The van der Waals surface area contributed by atoms with Gasteiger partial charge in [-0.3, -0.25) is 4.90 Å². The fraction of sp³-hybridized carbons (Fsp3) is 0.429. The molecule has 0 N–H and O–H groups in total. The summed E-state index contributed by atoms with van der Waals surface area (Å²) >= 11 is 0. The maximum atomic E-state index is 2.66. The fourth-order valence-electron chi connectivity index (χ4n) is 3.40. The van der Waals surface area contributed by atoms with Gasteiger partial charge in [-0.1, -0.05) is 66.6 Å². The van der Waals surface area contributed by atoms with E-state index in [0.717, 1.165) is 5.92 Å². The van der Waals surface area contributed by atoms with Gasteiger partial charge in [-0.25, -0.2) is 0 Å². The lowest BCUT2D eigenvalue weighted by Crippen LogP contribution is -2.36. The van der Waals surface area contributed by atoms with Gasteiger partial charge in [0.05, 0.1) is 6.04 Å². The topological polar surface area (TPSA) is 3.24 Å². The standard InChI is InChI=1S/C21H27N/c1-16-4-8-19(9-5-16)21(20-10-6-17(2)7-11-20)22-14-12-18(3)13-15-22/h4-11,18,21H,12-15H2,1-3H3. The highest BCUT2D eigenvalue weighted by atomic mass is 15.2. The number of likely N-dealkylation sites (tertiary alicyclic amines) is 1. The SMILES string of the molecule is Cc1ccc(C(c2ccc(C)cc2)N2CCC(C)CC2)cc1. The maximum Gasteiger partial charge on any atom is 0.0601 e. The minimum absolute atomic E-state index is 0.397. The summed E-state index contributed by atoms with van der Waals surface area (Å²) in [5.74, 6) is 0.868. The van der Waals surface area contributed by atoms with Crippen molar-refractivity contribution in [3.05, 3.63) is 70.8 Å². The molecule has 0 radical (unpaired) electrons. The molecule has 2 aromatic carbocycles. The van der Waals surface area contributed by atoms with E-state index < -0.39 is 0 Å². The van der Waals surface area contributed by atoms with E-state index in [0.29, 0.717) is 6.04 Å². The second kappa shape index (κ2) is 6.66. The van der Waals surface area contributed by atoms with Gasteiger partial charge in [-0.2, -0.15) is 0 Å². The van der Waals surface area contributed by atoms with Gasteiger partial charge in [0.2, 0.25) is 0 Å². The van der Waals surface area contributed by atoms with E-state index in [1.54, 1.807) is 0 Å². The summed E-state index contributed by atoms with van der Waals surface area (Å²) in [6.45, 7) is 9.10. The largest absolute Gasteiger partial charge is 0.292 e. The van der Waals surface area contributed by atoms with E-state index in [-0.39, 0.29) is 0 Å². The van der Waals surface area contributed by atoms with Crippen molar-refractivity contribution >= 4 is 0 Å². The average Bonchev–Trinajstić information content (AvgIpc) is 2.53. The van der Waals surface area contributed by atoms with Gasteiger partial charge >= 0.3 is 0 Å². The van der Waals surface area contributed by atoms with Gasteiger partial charge < -0.3 is 0 Å². The van der Waals surface area contributed by atoms with E-state index in [2.05, 4.69) is 74.2 Å². The monoisotopic (exact) mass is 293 g/mol. The Labute approximate surface area is 135 Å². The molecule has 1 saturated heterocycles. The number of hydrogen-bond donors (Lipinski definition) is 0. The van der Waals surface area contributed by atoms with Crippen LogP contribution in [0.25, 0.3) is 0 Å². The average molecular weight is 293 g/mol. The summed E-state index contributed by atoms with van der Waals surface area (Å²) in [6, 6.07) is 18.6. The summed E-state index contributed by atoms with van der Waals surface area (Å²) in [7, 11) is 0. The molecule has 0 bridgehead atoms. The molecule has 22 heavy (non-hydrogen) atoms. The number of aryl methyl sites for hydroxylation is 2. The van der Waals surface area contributed by atoms with Crippen LogP contribution in [0.3, 0.4) is 0 Å². The Balaban J connectivity index is 1.94. The molecule has 1 fully saturated rings. The van der Waals surface area contributed by atoms with Crippen LogP contribution < -0.4 is 0 Å². The Morgan fingerprint density at radius 2 is 1.18 bits per heavy atom. The first kappa shape index (κ1) is 15.3. The zero-order valence-electron chi connectivity index (χ0n) is 14.0. The number of nitrogens with zero attached hydrogens (tertiary/aromatic N) is 1. The fourth-order valence-corrected chi connectivity index (χ4v) is 3.40. The second-order valence-electron chi connectivity index (χ2n) is 6.94. The smallest absolute Gasteiger partial charge is 0.0601 e. The normalized spacial score (nSPS) is 17.1. The Kier molecular flexibility index (Phi) is 4.63. The summed E-state index contributed by atoms with van der Waals surface area (Å²) < 4.78 is 0. The van der Waals surface area contributed by atoms with Crippen LogP contribution in [0.1, 0.15) is 48.1 Å². The summed E-state index contributed by atoms with van der Waals surface area (Å²) in [4.78, 5) is 2.66. The number of hydrogen-bond acceptors (Lipinski definition) is 1. The van der Waals surface area contributed by atoms with E-state index >= 15 is 0 Å². The molecule has 0 unspecified atom stereocenters. The summed E-state index contributed by atoms with van der Waals surface area (Å²) in [6.07, 6.45) is 2.63. The van der Waals surface area contributed by atoms with Crippen LogP contribution in [-0.2, 0) is 0 Å². The third kappa shape index (κ3) is 3.41. The lowest BCUT2D eigenvalue weighted by Gasteiger charge is -2.37. The van der Waals surface area contributed by atoms with Crippen LogP contribution in [-0.4, -0.2) is 18.0 Å². The van der Waals surface area contributed by atoms with E-state index in [1.165, 1.54) is 48.2 Å². The first-order chi connectivity index (χ1) is 10.6.